The Morgan fingerprint density at radius 2 is 2.00 bits per heavy atom. The van der Waals surface area contributed by atoms with Crippen molar-refractivity contribution in [2.24, 2.45) is 5.41 Å². The lowest BCUT2D eigenvalue weighted by Gasteiger charge is -2.40. The highest BCUT2D eigenvalue weighted by Gasteiger charge is 2.54. The Bertz CT molecular complexity index is 1460. The van der Waals surface area contributed by atoms with E-state index in [1.54, 1.807) is 37.3 Å². The molecule has 1 aliphatic carbocycles. The van der Waals surface area contributed by atoms with E-state index in [4.69, 9.17) is 21.8 Å². The van der Waals surface area contributed by atoms with Crippen molar-refractivity contribution in [3.05, 3.63) is 106 Å². The summed E-state index contributed by atoms with van der Waals surface area (Å²) in [5.41, 5.74) is -1.26. The van der Waals surface area contributed by atoms with Gasteiger partial charge in [0.05, 0.1) is 35.9 Å². The van der Waals surface area contributed by atoms with Crippen molar-refractivity contribution in [2.75, 3.05) is 13.1 Å². The molecular formula is C28H26ClFN2O3. The van der Waals surface area contributed by atoms with Crippen LogP contribution in [-0.4, -0.2) is 34.0 Å². The smallest absolute Gasteiger partial charge is 0.257 e. The van der Waals surface area contributed by atoms with Gasteiger partial charge in [-0.1, -0.05) is 48.0 Å². The van der Waals surface area contributed by atoms with Crippen molar-refractivity contribution < 1.29 is 24.5 Å². The molecule has 1 atom stereocenters. The molecule has 1 amide bonds. The van der Waals surface area contributed by atoms with E-state index in [2.05, 4.69) is 11.6 Å². The molecule has 5 nitrogen and oxygen atoms in total. The van der Waals surface area contributed by atoms with Crippen molar-refractivity contribution in [3.8, 4) is 0 Å². The van der Waals surface area contributed by atoms with Crippen LogP contribution in [-0.2, 0) is 17.0 Å². The summed E-state index contributed by atoms with van der Waals surface area (Å²) in [6.45, 7) is -0.0643. The minimum Gasteiger partial charge on any atom is -0.396 e. The molecule has 1 aliphatic heterocycles. The van der Waals surface area contributed by atoms with Crippen LogP contribution in [0.2, 0.25) is 5.02 Å². The number of rotatable bonds is 8. The number of carbonyl (C=O) groups excluding carboxylic acids is 1. The molecular weight excluding hydrogens is 467 g/mol. The van der Waals surface area contributed by atoms with Gasteiger partial charge in [-0.3, -0.25) is 14.7 Å². The number of benzene rings is 2. The molecule has 1 N–H and O–H groups in total. The number of amides is 1. The van der Waals surface area contributed by atoms with E-state index in [0.717, 1.165) is 0 Å². The molecule has 0 saturated heterocycles. The average Bonchev–Trinajstić information content (AvgIpc) is 3.67. The molecule has 2 aliphatic rings. The van der Waals surface area contributed by atoms with Gasteiger partial charge >= 0.3 is 0 Å². The zero-order chi connectivity index (χ0) is 28.4. The van der Waals surface area contributed by atoms with Crippen LogP contribution in [0.15, 0.2) is 67.4 Å². The van der Waals surface area contributed by atoms with E-state index >= 15 is 0 Å². The average molecular weight is 497 g/mol. The summed E-state index contributed by atoms with van der Waals surface area (Å²) in [5, 5.41) is 10.7. The molecule has 0 radical (unpaired) electrons. The van der Waals surface area contributed by atoms with Crippen LogP contribution in [0.1, 0.15) is 58.0 Å². The lowest BCUT2D eigenvalue weighted by molar-refractivity contribution is -0.129. The first-order valence-electron chi connectivity index (χ1n) is 13.1. The molecule has 5 rings (SSSR count). The standard InChI is InChI=1S/C28H26ClFN2O3/c1-18(2)19-3-10-25-24(13-19)26(34)32(15-23-9-6-21(29)14-31-23)28(25,20-4-7-22(30)8-5-20)35-17-27(16-33)11-12-27/h3-10,13-14,33H,1,11-12,15-17H2,2H3/i16D2,17D2. The number of fused-ring (bicyclic) bond motifs is 1. The zero-order valence-corrected chi connectivity index (χ0v) is 19.8. The topological polar surface area (TPSA) is 62.7 Å². The van der Waals surface area contributed by atoms with Gasteiger partial charge in [-0.25, -0.2) is 4.39 Å². The van der Waals surface area contributed by atoms with Gasteiger partial charge in [-0.2, -0.15) is 0 Å². The van der Waals surface area contributed by atoms with Gasteiger partial charge in [0.25, 0.3) is 5.91 Å². The SMILES string of the molecule is [2H]C([2H])(O)C1(C([2H])([2H])OC2(c3ccc(F)cc3)c3ccc(C(=C)C)cc3C(=O)N2Cc2ccc(Cl)cn2)CC1. The number of aliphatic hydroxyl groups is 1. The third kappa shape index (κ3) is 4.16. The Balaban J connectivity index is 1.77. The summed E-state index contributed by atoms with van der Waals surface area (Å²) < 4.78 is 54.2. The Kier molecular flexibility index (Phi) is 4.85. The number of aromatic nitrogens is 1. The first-order chi connectivity index (χ1) is 18.2. The molecule has 180 valence electrons. The molecule has 0 spiro atoms. The molecule has 1 aromatic heterocycles. The fourth-order valence-corrected chi connectivity index (χ4v) is 4.36. The van der Waals surface area contributed by atoms with Crippen LogP contribution in [0.3, 0.4) is 0 Å². The zero-order valence-electron chi connectivity index (χ0n) is 23.0. The molecule has 2 aromatic carbocycles. The molecule has 0 bridgehead atoms. The summed E-state index contributed by atoms with van der Waals surface area (Å²) in [4.78, 5) is 19.7. The number of allylic oxidation sites excluding steroid dienone is 1. The number of hydrogen-bond acceptors (Lipinski definition) is 4. The molecule has 1 fully saturated rings. The van der Waals surface area contributed by atoms with E-state index in [0.29, 0.717) is 21.9 Å². The van der Waals surface area contributed by atoms with Crippen LogP contribution in [0.5, 0.6) is 0 Å². The number of ether oxygens (including phenoxy) is 1. The second-order valence-corrected chi connectivity index (χ2v) is 9.39. The molecule has 1 unspecified atom stereocenters. The van der Waals surface area contributed by atoms with Crippen LogP contribution < -0.4 is 0 Å². The monoisotopic (exact) mass is 496 g/mol. The molecule has 35 heavy (non-hydrogen) atoms. The maximum Gasteiger partial charge on any atom is 0.257 e. The highest BCUT2D eigenvalue weighted by molar-refractivity contribution is 6.30. The number of halogens is 2. The molecule has 3 aromatic rings. The molecule has 1 saturated carbocycles. The Labute approximate surface area is 214 Å². The van der Waals surface area contributed by atoms with Gasteiger partial charge in [0.15, 0.2) is 5.72 Å². The minimum absolute atomic E-state index is 0.0249. The highest BCUT2D eigenvalue weighted by atomic mass is 35.5. The van der Waals surface area contributed by atoms with Gasteiger partial charge in [0, 0.05) is 28.3 Å². The van der Waals surface area contributed by atoms with Crippen LogP contribution in [0.25, 0.3) is 5.57 Å². The van der Waals surface area contributed by atoms with E-state index in [1.807, 2.05) is 0 Å². The highest BCUT2D eigenvalue weighted by Crippen LogP contribution is 2.51. The number of pyridine rings is 1. The third-order valence-electron chi connectivity index (χ3n) is 6.44. The maximum absolute atomic E-state index is 14.1. The predicted molar refractivity (Wildman–Crippen MR) is 132 cm³/mol. The first kappa shape index (κ1) is 19.2. The fourth-order valence-electron chi connectivity index (χ4n) is 4.25. The lowest BCUT2D eigenvalue weighted by atomic mass is 9.91. The van der Waals surface area contributed by atoms with Crippen molar-refractivity contribution in [1.82, 2.24) is 9.88 Å². The number of nitrogens with zero attached hydrogens (tertiary/aromatic N) is 2. The quantitative estimate of drug-likeness (QED) is 0.444. The predicted octanol–water partition coefficient (Wildman–Crippen LogP) is 5.55. The number of carbonyl (C=O) groups is 1. The van der Waals surface area contributed by atoms with Gasteiger partial charge in [-0.05, 0) is 55.7 Å². The van der Waals surface area contributed by atoms with Crippen LogP contribution in [0.4, 0.5) is 4.39 Å². The van der Waals surface area contributed by atoms with E-state index in [9.17, 15) is 14.3 Å². The van der Waals surface area contributed by atoms with E-state index in [1.165, 1.54) is 35.4 Å². The first-order valence-corrected chi connectivity index (χ1v) is 11.5. The van der Waals surface area contributed by atoms with Gasteiger partial charge in [0.2, 0.25) is 0 Å². The van der Waals surface area contributed by atoms with Crippen LogP contribution in [0, 0.1) is 11.2 Å². The van der Waals surface area contributed by atoms with Crippen molar-refractivity contribution in [1.29, 1.82) is 0 Å². The van der Waals surface area contributed by atoms with Crippen molar-refractivity contribution >= 4 is 23.1 Å². The Morgan fingerprint density at radius 1 is 1.26 bits per heavy atom. The maximum atomic E-state index is 14.1. The summed E-state index contributed by atoms with van der Waals surface area (Å²) in [7, 11) is 0. The number of hydrogen-bond donors (Lipinski definition) is 1. The summed E-state index contributed by atoms with van der Waals surface area (Å²) in [6, 6.07) is 13.4. The second-order valence-electron chi connectivity index (χ2n) is 8.95. The Hall–Kier alpha value is -3.06. The third-order valence-corrected chi connectivity index (χ3v) is 6.66. The lowest BCUT2D eigenvalue weighted by Crippen LogP contribution is -2.47. The summed E-state index contributed by atoms with van der Waals surface area (Å²) in [5.74, 6) is -1.04. The van der Waals surface area contributed by atoms with Gasteiger partial charge in [0.1, 0.15) is 5.82 Å². The second kappa shape index (κ2) is 8.86. The van der Waals surface area contributed by atoms with Gasteiger partial charge in [-0.15, -0.1) is 0 Å². The summed E-state index contributed by atoms with van der Waals surface area (Å²) >= 11 is 6.01. The van der Waals surface area contributed by atoms with E-state index < -0.39 is 36.0 Å². The largest absolute Gasteiger partial charge is 0.396 e. The van der Waals surface area contributed by atoms with Crippen LogP contribution >= 0.6 is 11.6 Å². The normalized spacial score (nSPS) is 22.6. The minimum atomic E-state index is -2.90. The van der Waals surface area contributed by atoms with E-state index in [-0.39, 0.29) is 36.1 Å². The van der Waals surface area contributed by atoms with Crippen molar-refractivity contribution in [3.63, 3.8) is 0 Å². The van der Waals surface area contributed by atoms with Crippen molar-refractivity contribution in [2.45, 2.75) is 32.0 Å². The molecule has 2 heterocycles. The van der Waals surface area contributed by atoms with Gasteiger partial charge < -0.3 is 9.84 Å². The fraction of sp³-hybridized carbons (Fsp3) is 0.286. The molecule has 7 heteroatoms. The Morgan fingerprint density at radius 3 is 2.60 bits per heavy atom. The summed E-state index contributed by atoms with van der Waals surface area (Å²) in [6.07, 6.45) is 1.47.